The molecule has 0 aromatic heterocycles. The van der Waals surface area contributed by atoms with Gasteiger partial charge >= 0.3 is 5.97 Å². The molecule has 1 aromatic carbocycles. The van der Waals surface area contributed by atoms with Crippen molar-refractivity contribution in [3.8, 4) is 0 Å². The van der Waals surface area contributed by atoms with Crippen LogP contribution in [0.4, 0.5) is 4.39 Å². The molecule has 1 heterocycles. The molecule has 1 unspecified atom stereocenters. The van der Waals surface area contributed by atoms with Crippen LogP contribution in [0.25, 0.3) is 0 Å². The van der Waals surface area contributed by atoms with Crippen LogP contribution >= 0.6 is 0 Å². The van der Waals surface area contributed by atoms with Gasteiger partial charge in [0.1, 0.15) is 12.4 Å². The predicted molar refractivity (Wildman–Crippen MR) is 71.3 cm³/mol. The first-order valence-electron chi connectivity index (χ1n) is 6.29. The molecule has 110 valence electrons. The number of hydrogen-bond acceptors (Lipinski definition) is 5. The lowest BCUT2D eigenvalue weighted by Gasteiger charge is -2.10. The molecular weight excluding hydrogens is 285 g/mol. The molecule has 5 nitrogen and oxygen atoms in total. The van der Waals surface area contributed by atoms with E-state index in [4.69, 9.17) is 4.74 Å². The Labute approximate surface area is 117 Å². The largest absolute Gasteiger partial charge is 0.460 e. The molecule has 1 aromatic rings. The molecule has 0 saturated carbocycles. The van der Waals surface area contributed by atoms with Gasteiger partial charge in [0.25, 0.3) is 0 Å². The van der Waals surface area contributed by atoms with E-state index < -0.39 is 21.6 Å². The number of esters is 1. The van der Waals surface area contributed by atoms with Crippen LogP contribution in [-0.2, 0) is 26.0 Å². The van der Waals surface area contributed by atoms with Gasteiger partial charge in [-0.05, 0) is 12.5 Å². The highest BCUT2D eigenvalue weighted by Crippen LogP contribution is 2.11. The smallest absolute Gasteiger partial charge is 0.320 e. The first-order chi connectivity index (χ1) is 9.46. The van der Waals surface area contributed by atoms with E-state index in [0.29, 0.717) is 12.0 Å². The molecule has 1 aliphatic rings. The summed E-state index contributed by atoms with van der Waals surface area (Å²) >= 11 is 0. The zero-order valence-electron chi connectivity index (χ0n) is 10.8. The Morgan fingerprint density at radius 3 is 2.80 bits per heavy atom. The number of carbonyl (C=O) groups is 1. The van der Waals surface area contributed by atoms with Crippen molar-refractivity contribution < 1.29 is 22.3 Å². The monoisotopic (exact) mass is 301 g/mol. The SMILES string of the molecule is O=C(CNC1CCS(=O)(=O)C1)OCc1ccccc1F. The highest BCUT2D eigenvalue weighted by atomic mass is 32.2. The number of nitrogens with one attached hydrogen (secondary N) is 1. The molecule has 1 aliphatic heterocycles. The molecule has 0 radical (unpaired) electrons. The van der Waals surface area contributed by atoms with Crippen molar-refractivity contribution in [3.05, 3.63) is 35.6 Å². The average Bonchev–Trinajstić information content (AvgIpc) is 2.75. The molecule has 0 aliphatic carbocycles. The summed E-state index contributed by atoms with van der Waals surface area (Å²) in [7, 11) is -2.97. The van der Waals surface area contributed by atoms with Gasteiger partial charge in [0, 0.05) is 11.6 Å². The Morgan fingerprint density at radius 1 is 1.40 bits per heavy atom. The molecule has 1 atom stereocenters. The maximum Gasteiger partial charge on any atom is 0.320 e. The fourth-order valence-corrected chi connectivity index (χ4v) is 3.72. The van der Waals surface area contributed by atoms with Crippen molar-refractivity contribution in [2.45, 2.75) is 19.1 Å². The second-order valence-corrected chi connectivity index (χ2v) is 6.96. The molecule has 1 saturated heterocycles. The van der Waals surface area contributed by atoms with Crippen molar-refractivity contribution in [3.63, 3.8) is 0 Å². The molecule has 0 amide bonds. The highest BCUT2D eigenvalue weighted by molar-refractivity contribution is 7.91. The Morgan fingerprint density at radius 2 is 2.15 bits per heavy atom. The lowest BCUT2D eigenvalue weighted by molar-refractivity contribution is -0.144. The number of hydrogen-bond donors (Lipinski definition) is 1. The Bertz CT molecular complexity index is 588. The summed E-state index contributed by atoms with van der Waals surface area (Å²) in [6, 6.07) is 5.85. The quantitative estimate of drug-likeness (QED) is 0.808. The second kappa shape index (κ2) is 6.32. The molecule has 0 spiro atoms. The zero-order chi connectivity index (χ0) is 14.6. The summed E-state index contributed by atoms with van der Waals surface area (Å²) in [4.78, 5) is 11.5. The van der Waals surface area contributed by atoms with E-state index >= 15 is 0 Å². The molecule has 1 N–H and O–H groups in total. The molecular formula is C13H16FNO4S. The standard InChI is InChI=1S/C13H16FNO4S/c14-12-4-2-1-3-10(12)8-19-13(16)7-15-11-5-6-20(17,18)9-11/h1-4,11,15H,5-9H2. The maximum atomic E-state index is 13.3. The van der Waals surface area contributed by atoms with E-state index in [1.807, 2.05) is 0 Å². The number of rotatable bonds is 5. The molecule has 2 rings (SSSR count). The van der Waals surface area contributed by atoms with Gasteiger partial charge in [-0.25, -0.2) is 12.8 Å². The van der Waals surface area contributed by atoms with E-state index in [9.17, 15) is 17.6 Å². The van der Waals surface area contributed by atoms with Gasteiger partial charge in [-0.2, -0.15) is 0 Å². The first kappa shape index (κ1) is 14.9. The van der Waals surface area contributed by atoms with Crippen LogP contribution in [0.15, 0.2) is 24.3 Å². The van der Waals surface area contributed by atoms with Gasteiger partial charge in [-0.15, -0.1) is 0 Å². The van der Waals surface area contributed by atoms with Crippen molar-refractivity contribution in [1.29, 1.82) is 0 Å². The van der Waals surface area contributed by atoms with Gasteiger partial charge in [0.2, 0.25) is 0 Å². The highest BCUT2D eigenvalue weighted by Gasteiger charge is 2.27. The van der Waals surface area contributed by atoms with Crippen LogP contribution in [0.1, 0.15) is 12.0 Å². The van der Waals surface area contributed by atoms with Crippen molar-refractivity contribution >= 4 is 15.8 Å². The average molecular weight is 301 g/mol. The third-order valence-corrected chi connectivity index (χ3v) is 4.88. The van der Waals surface area contributed by atoms with Gasteiger partial charge in [-0.3, -0.25) is 4.79 Å². The fraction of sp³-hybridized carbons (Fsp3) is 0.462. The molecule has 1 fully saturated rings. The normalized spacial score (nSPS) is 20.8. The van der Waals surface area contributed by atoms with Crippen molar-refractivity contribution in [2.75, 3.05) is 18.1 Å². The predicted octanol–water partition coefficient (Wildman–Crippen LogP) is 0.646. The summed E-state index contributed by atoms with van der Waals surface area (Å²) < 4.78 is 40.7. The summed E-state index contributed by atoms with van der Waals surface area (Å²) in [6.07, 6.45) is 0.503. The Balaban J connectivity index is 1.73. The van der Waals surface area contributed by atoms with Crippen LogP contribution in [-0.4, -0.2) is 38.5 Å². The molecule has 0 bridgehead atoms. The number of halogens is 1. The second-order valence-electron chi connectivity index (χ2n) is 4.73. The minimum atomic E-state index is -2.97. The minimum absolute atomic E-state index is 0.0492. The summed E-state index contributed by atoms with van der Waals surface area (Å²) in [6.45, 7) is -0.204. The number of ether oxygens (including phenoxy) is 1. The third-order valence-electron chi connectivity index (χ3n) is 3.11. The van der Waals surface area contributed by atoms with Gasteiger partial charge in [0.05, 0.1) is 18.1 Å². The van der Waals surface area contributed by atoms with E-state index in [0.717, 1.165) is 0 Å². The van der Waals surface area contributed by atoms with E-state index in [1.165, 1.54) is 6.07 Å². The fourth-order valence-electron chi connectivity index (χ4n) is 2.01. The Hall–Kier alpha value is -1.47. The van der Waals surface area contributed by atoms with Crippen LogP contribution < -0.4 is 5.32 Å². The van der Waals surface area contributed by atoms with E-state index in [1.54, 1.807) is 18.2 Å². The summed E-state index contributed by atoms with van der Waals surface area (Å²) in [5.74, 6) is -0.754. The van der Waals surface area contributed by atoms with Crippen molar-refractivity contribution in [1.82, 2.24) is 5.32 Å². The summed E-state index contributed by atoms with van der Waals surface area (Å²) in [5, 5.41) is 2.84. The van der Waals surface area contributed by atoms with Crippen LogP contribution in [0.5, 0.6) is 0 Å². The van der Waals surface area contributed by atoms with Crippen LogP contribution in [0.3, 0.4) is 0 Å². The molecule has 7 heteroatoms. The first-order valence-corrected chi connectivity index (χ1v) is 8.11. The maximum absolute atomic E-state index is 13.3. The minimum Gasteiger partial charge on any atom is -0.460 e. The zero-order valence-corrected chi connectivity index (χ0v) is 11.7. The Kier molecular flexibility index (Phi) is 4.72. The molecule has 20 heavy (non-hydrogen) atoms. The van der Waals surface area contributed by atoms with E-state index in [-0.39, 0.29) is 30.7 Å². The number of sulfone groups is 1. The third kappa shape index (κ3) is 4.28. The van der Waals surface area contributed by atoms with Gasteiger partial charge in [-0.1, -0.05) is 18.2 Å². The van der Waals surface area contributed by atoms with E-state index in [2.05, 4.69) is 5.32 Å². The van der Waals surface area contributed by atoms with Crippen LogP contribution in [0, 0.1) is 5.82 Å². The number of carbonyl (C=O) groups excluding carboxylic acids is 1. The lowest BCUT2D eigenvalue weighted by atomic mass is 10.2. The summed E-state index contributed by atoms with van der Waals surface area (Å²) in [5.41, 5.74) is 0.310. The van der Waals surface area contributed by atoms with Gasteiger partial charge < -0.3 is 10.1 Å². The van der Waals surface area contributed by atoms with Crippen LogP contribution in [0.2, 0.25) is 0 Å². The number of benzene rings is 1. The topological polar surface area (TPSA) is 72.5 Å². The van der Waals surface area contributed by atoms with Crippen molar-refractivity contribution in [2.24, 2.45) is 0 Å². The lowest BCUT2D eigenvalue weighted by Crippen LogP contribution is -2.35. The van der Waals surface area contributed by atoms with Gasteiger partial charge in [0.15, 0.2) is 9.84 Å².